The van der Waals surface area contributed by atoms with Crippen LogP contribution in [0.5, 0.6) is 0 Å². The SMILES string of the molecule is Cn1cnc(C(=O)NCC2CCCCN2)c1. The molecule has 1 aromatic heterocycles. The minimum Gasteiger partial charge on any atom is -0.349 e. The van der Waals surface area contributed by atoms with Gasteiger partial charge < -0.3 is 15.2 Å². The highest BCUT2D eigenvalue weighted by Crippen LogP contribution is 2.05. The van der Waals surface area contributed by atoms with Crippen LogP contribution in [0.25, 0.3) is 0 Å². The summed E-state index contributed by atoms with van der Waals surface area (Å²) >= 11 is 0. The lowest BCUT2D eigenvalue weighted by Gasteiger charge is -2.23. The fourth-order valence-corrected chi connectivity index (χ4v) is 1.93. The number of carbonyl (C=O) groups is 1. The van der Waals surface area contributed by atoms with Gasteiger partial charge in [0.2, 0.25) is 0 Å². The Balaban J connectivity index is 1.79. The lowest BCUT2D eigenvalue weighted by molar-refractivity contribution is 0.0943. The first-order chi connectivity index (χ1) is 7.75. The van der Waals surface area contributed by atoms with Gasteiger partial charge in [0.1, 0.15) is 5.69 Å². The molecule has 2 heterocycles. The zero-order chi connectivity index (χ0) is 11.4. The number of aromatic nitrogens is 2. The Morgan fingerprint density at radius 1 is 1.69 bits per heavy atom. The van der Waals surface area contributed by atoms with Gasteiger partial charge in [-0.2, -0.15) is 0 Å². The van der Waals surface area contributed by atoms with Crippen LogP contribution in [0.2, 0.25) is 0 Å². The fraction of sp³-hybridized carbons (Fsp3) is 0.636. The molecule has 0 saturated carbocycles. The molecule has 0 bridgehead atoms. The van der Waals surface area contributed by atoms with Crippen molar-refractivity contribution >= 4 is 5.91 Å². The van der Waals surface area contributed by atoms with E-state index >= 15 is 0 Å². The molecule has 2 N–H and O–H groups in total. The van der Waals surface area contributed by atoms with E-state index in [1.54, 1.807) is 17.1 Å². The van der Waals surface area contributed by atoms with E-state index in [2.05, 4.69) is 15.6 Å². The summed E-state index contributed by atoms with van der Waals surface area (Å²) in [5, 5.41) is 6.30. The molecule has 5 nitrogen and oxygen atoms in total. The Kier molecular flexibility index (Phi) is 3.56. The van der Waals surface area contributed by atoms with Crippen LogP contribution < -0.4 is 10.6 Å². The molecule has 0 spiro atoms. The summed E-state index contributed by atoms with van der Waals surface area (Å²) in [5.74, 6) is -0.0898. The Hall–Kier alpha value is -1.36. The van der Waals surface area contributed by atoms with E-state index in [1.165, 1.54) is 12.8 Å². The number of amides is 1. The highest BCUT2D eigenvalue weighted by molar-refractivity contribution is 5.92. The van der Waals surface area contributed by atoms with Crippen LogP contribution in [0.15, 0.2) is 12.5 Å². The molecule has 16 heavy (non-hydrogen) atoms. The maximum absolute atomic E-state index is 11.7. The minimum atomic E-state index is -0.0898. The van der Waals surface area contributed by atoms with E-state index < -0.39 is 0 Å². The largest absolute Gasteiger partial charge is 0.349 e. The Morgan fingerprint density at radius 2 is 2.56 bits per heavy atom. The Morgan fingerprint density at radius 3 is 3.19 bits per heavy atom. The van der Waals surface area contributed by atoms with Gasteiger partial charge in [0.25, 0.3) is 5.91 Å². The van der Waals surface area contributed by atoms with Crippen LogP contribution in [0.4, 0.5) is 0 Å². The van der Waals surface area contributed by atoms with Crippen molar-refractivity contribution in [2.24, 2.45) is 7.05 Å². The number of carbonyl (C=O) groups excluding carboxylic acids is 1. The molecular formula is C11H18N4O. The molecule has 1 aliphatic heterocycles. The van der Waals surface area contributed by atoms with E-state index in [4.69, 9.17) is 0 Å². The van der Waals surface area contributed by atoms with Crippen molar-refractivity contribution in [2.75, 3.05) is 13.1 Å². The van der Waals surface area contributed by atoms with Crippen LogP contribution in [0.1, 0.15) is 29.8 Å². The summed E-state index contributed by atoms with van der Waals surface area (Å²) in [6.07, 6.45) is 6.99. The summed E-state index contributed by atoms with van der Waals surface area (Å²) in [6, 6.07) is 0.418. The van der Waals surface area contributed by atoms with Gasteiger partial charge in [-0.15, -0.1) is 0 Å². The number of hydrogen-bond acceptors (Lipinski definition) is 3. The van der Waals surface area contributed by atoms with E-state index in [0.717, 1.165) is 13.0 Å². The molecule has 5 heteroatoms. The molecule has 1 aromatic rings. The molecule has 88 valence electrons. The number of aryl methyl sites for hydroxylation is 1. The average Bonchev–Trinajstić information content (AvgIpc) is 2.74. The van der Waals surface area contributed by atoms with Gasteiger partial charge in [0, 0.05) is 25.8 Å². The van der Waals surface area contributed by atoms with E-state index in [-0.39, 0.29) is 5.91 Å². The van der Waals surface area contributed by atoms with Gasteiger partial charge in [0.05, 0.1) is 6.33 Å². The first kappa shape index (κ1) is 11.1. The maximum atomic E-state index is 11.7. The quantitative estimate of drug-likeness (QED) is 0.773. The lowest BCUT2D eigenvalue weighted by atomic mass is 10.1. The molecule has 0 radical (unpaired) electrons. The number of rotatable bonds is 3. The Bertz CT molecular complexity index is 355. The van der Waals surface area contributed by atoms with Crippen molar-refractivity contribution in [3.05, 3.63) is 18.2 Å². The number of nitrogens with one attached hydrogen (secondary N) is 2. The smallest absolute Gasteiger partial charge is 0.271 e. The van der Waals surface area contributed by atoms with Crippen LogP contribution in [-0.2, 0) is 7.05 Å². The van der Waals surface area contributed by atoms with Crippen LogP contribution in [-0.4, -0.2) is 34.6 Å². The molecule has 0 aromatic carbocycles. The molecule has 1 atom stereocenters. The first-order valence-corrected chi connectivity index (χ1v) is 5.75. The fourth-order valence-electron chi connectivity index (χ4n) is 1.93. The third-order valence-corrected chi connectivity index (χ3v) is 2.86. The summed E-state index contributed by atoms with van der Waals surface area (Å²) in [5.41, 5.74) is 0.485. The van der Waals surface area contributed by atoms with Crippen molar-refractivity contribution in [1.82, 2.24) is 20.2 Å². The summed E-state index contributed by atoms with van der Waals surface area (Å²) < 4.78 is 1.77. The van der Waals surface area contributed by atoms with Crippen molar-refractivity contribution in [3.8, 4) is 0 Å². The Labute approximate surface area is 95.2 Å². The van der Waals surface area contributed by atoms with Crippen LogP contribution in [0.3, 0.4) is 0 Å². The third-order valence-electron chi connectivity index (χ3n) is 2.86. The predicted molar refractivity (Wildman–Crippen MR) is 61.2 cm³/mol. The second kappa shape index (κ2) is 5.12. The van der Waals surface area contributed by atoms with Crippen LogP contribution >= 0.6 is 0 Å². The number of hydrogen-bond donors (Lipinski definition) is 2. The number of piperidine rings is 1. The topological polar surface area (TPSA) is 59.0 Å². The van der Waals surface area contributed by atoms with Crippen molar-refractivity contribution in [1.29, 1.82) is 0 Å². The van der Waals surface area contributed by atoms with Crippen molar-refractivity contribution < 1.29 is 4.79 Å². The third kappa shape index (κ3) is 2.82. The standard InChI is InChI=1S/C11H18N4O/c1-15-7-10(14-8-15)11(16)13-6-9-4-2-3-5-12-9/h7-9,12H,2-6H2,1H3,(H,13,16). The van der Waals surface area contributed by atoms with Gasteiger partial charge in [-0.05, 0) is 19.4 Å². The van der Waals surface area contributed by atoms with Crippen LogP contribution in [0, 0.1) is 0 Å². The van der Waals surface area contributed by atoms with Gasteiger partial charge >= 0.3 is 0 Å². The highest BCUT2D eigenvalue weighted by atomic mass is 16.1. The predicted octanol–water partition coefficient (Wildman–Crippen LogP) is 0.292. The molecular weight excluding hydrogens is 204 g/mol. The number of nitrogens with zero attached hydrogens (tertiary/aromatic N) is 2. The second-order valence-electron chi connectivity index (χ2n) is 4.28. The molecule has 2 rings (SSSR count). The summed E-state index contributed by atoms with van der Waals surface area (Å²) in [4.78, 5) is 15.7. The van der Waals surface area contributed by atoms with E-state index in [9.17, 15) is 4.79 Å². The minimum absolute atomic E-state index is 0.0898. The maximum Gasteiger partial charge on any atom is 0.271 e. The second-order valence-corrected chi connectivity index (χ2v) is 4.28. The number of imidazole rings is 1. The average molecular weight is 222 g/mol. The molecule has 0 aliphatic carbocycles. The summed E-state index contributed by atoms with van der Waals surface area (Å²) in [6.45, 7) is 1.75. The van der Waals surface area contributed by atoms with E-state index in [1.807, 2.05) is 7.05 Å². The van der Waals surface area contributed by atoms with Crippen molar-refractivity contribution in [2.45, 2.75) is 25.3 Å². The first-order valence-electron chi connectivity index (χ1n) is 5.75. The highest BCUT2D eigenvalue weighted by Gasteiger charge is 2.14. The van der Waals surface area contributed by atoms with Gasteiger partial charge in [-0.25, -0.2) is 4.98 Å². The molecule has 1 aliphatic rings. The summed E-state index contributed by atoms with van der Waals surface area (Å²) in [7, 11) is 1.85. The molecule has 1 amide bonds. The van der Waals surface area contributed by atoms with Crippen molar-refractivity contribution in [3.63, 3.8) is 0 Å². The zero-order valence-electron chi connectivity index (χ0n) is 9.57. The van der Waals surface area contributed by atoms with Gasteiger partial charge in [0.15, 0.2) is 0 Å². The van der Waals surface area contributed by atoms with Gasteiger partial charge in [-0.1, -0.05) is 6.42 Å². The van der Waals surface area contributed by atoms with E-state index in [0.29, 0.717) is 18.3 Å². The zero-order valence-corrected chi connectivity index (χ0v) is 9.57. The van der Waals surface area contributed by atoms with Gasteiger partial charge in [-0.3, -0.25) is 4.79 Å². The molecule has 1 unspecified atom stereocenters. The lowest BCUT2D eigenvalue weighted by Crippen LogP contribution is -2.43. The monoisotopic (exact) mass is 222 g/mol. The normalized spacial score (nSPS) is 20.7. The molecule has 1 fully saturated rings. The molecule has 1 saturated heterocycles.